The summed E-state index contributed by atoms with van der Waals surface area (Å²) in [5.41, 5.74) is 2.37. The topological polar surface area (TPSA) is 44.8 Å². The van der Waals surface area contributed by atoms with Gasteiger partial charge in [-0.1, -0.05) is 65.2 Å². The van der Waals surface area contributed by atoms with Crippen molar-refractivity contribution in [3.63, 3.8) is 0 Å². The summed E-state index contributed by atoms with van der Waals surface area (Å²) in [6, 6.07) is 0.748. The summed E-state index contributed by atoms with van der Waals surface area (Å²) in [4.78, 5) is 2.67. The molecular formula is C18H34N4. The molecule has 0 amide bonds. The molecule has 1 aliphatic heterocycles. The number of aromatic nitrogens is 3. The van der Waals surface area contributed by atoms with Crippen LogP contribution in [-0.4, -0.2) is 32.9 Å². The maximum Gasteiger partial charge on any atom is 0.0997 e. The predicted molar refractivity (Wildman–Crippen MR) is 91.8 cm³/mol. The van der Waals surface area contributed by atoms with Gasteiger partial charge >= 0.3 is 0 Å². The lowest BCUT2D eigenvalue weighted by atomic mass is 9.97. The molecule has 4 heteroatoms. The van der Waals surface area contributed by atoms with Crippen LogP contribution in [0, 0.1) is 0 Å². The van der Waals surface area contributed by atoms with E-state index >= 15 is 0 Å². The fraction of sp³-hybridized carbons (Fsp3) is 0.889. The number of aromatic amines is 1. The van der Waals surface area contributed by atoms with E-state index in [2.05, 4.69) is 34.2 Å². The van der Waals surface area contributed by atoms with Crippen molar-refractivity contribution in [3.05, 3.63) is 11.4 Å². The lowest BCUT2D eigenvalue weighted by Crippen LogP contribution is -2.39. The van der Waals surface area contributed by atoms with Gasteiger partial charge in [-0.25, -0.2) is 0 Å². The molecule has 0 spiro atoms. The molecule has 0 fully saturated rings. The van der Waals surface area contributed by atoms with Crippen LogP contribution in [0.1, 0.15) is 89.4 Å². The lowest BCUT2D eigenvalue weighted by molar-refractivity contribution is 0.152. The normalized spacial score (nSPS) is 16.6. The number of rotatable bonds is 11. The molecule has 1 aromatic rings. The molecule has 22 heavy (non-hydrogen) atoms. The first-order chi connectivity index (χ1) is 10.8. The Morgan fingerprint density at radius 1 is 0.909 bits per heavy atom. The molecule has 2 rings (SSSR count). The molecule has 0 saturated carbocycles. The number of nitrogens with zero attached hydrogens (tertiary/aromatic N) is 3. The summed E-state index contributed by atoms with van der Waals surface area (Å²) < 4.78 is 0. The number of hydrogen-bond acceptors (Lipinski definition) is 3. The minimum atomic E-state index is 0.748. The summed E-state index contributed by atoms with van der Waals surface area (Å²) in [6.45, 7) is 6.74. The van der Waals surface area contributed by atoms with Crippen LogP contribution in [0.5, 0.6) is 0 Å². The molecule has 1 aromatic heterocycles. The van der Waals surface area contributed by atoms with Crippen LogP contribution in [0.3, 0.4) is 0 Å². The highest BCUT2D eigenvalue weighted by atomic mass is 15.3. The zero-order valence-corrected chi connectivity index (χ0v) is 14.6. The molecule has 1 atom stereocenters. The Bertz CT molecular complexity index is 402. The average Bonchev–Trinajstić information content (AvgIpc) is 3.00. The Hall–Kier alpha value is -0.900. The van der Waals surface area contributed by atoms with E-state index in [-0.39, 0.29) is 0 Å². The van der Waals surface area contributed by atoms with E-state index in [4.69, 9.17) is 0 Å². The second kappa shape index (κ2) is 9.98. The Kier molecular flexibility index (Phi) is 7.92. The number of hydrogen-bond donors (Lipinski definition) is 1. The van der Waals surface area contributed by atoms with Crippen molar-refractivity contribution >= 4 is 0 Å². The minimum Gasteiger partial charge on any atom is -0.294 e. The van der Waals surface area contributed by atoms with Crippen molar-refractivity contribution < 1.29 is 0 Å². The quantitative estimate of drug-likeness (QED) is 0.613. The molecule has 0 bridgehead atoms. The Balaban J connectivity index is 1.81. The van der Waals surface area contributed by atoms with Gasteiger partial charge in [0.2, 0.25) is 0 Å². The largest absolute Gasteiger partial charge is 0.294 e. The third-order valence-electron chi connectivity index (χ3n) is 4.99. The van der Waals surface area contributed by atoms with Crippen LogP contribution in [-0.2, 0) is 13.0 Å². The fourth-order valence-corrected chi connectivity index (χ4v) is 3.56. The molecule has 0 aromatic carbocycles. The first-order valence-electron chi connectivity index (χ1n) is 9.47. The Labute approximate surface area is 136 Å². The molecule has 4 nitrogen and oxygen atoms in total. The predicted octanol–water partition coefficient (Wildman–Crippen LogP) is 4.47. The van der Waals surface area contributed by atoms with Gasteiger partial charge in [-0.3, -0.25) is 4.90 Å². The van der Waals surface area contributed by atoms with Gasteiger partial charge in [0.1, 0.15) is 0 Å². The van der Waals surface area contributed by atoms with Crippen LogP contribution in [0.15, 0.2) is 0 Å². The number of unbranched alkanes of at least 4 members (excludes halogenated alkanes) is 6. The van der Waals surface area contributed by atoms with Crippen molar-refractivity contribution in [2.24, 2.45) is 0 Å². The summed E-state index contributed by atoms with van der Waals surface area (Å²) in [6.07, 6.45) is 14.8. The second-order valence-corrected chi connectivity index (χ2v) is 6.79. The zero-order chi connectivity index (χ0) is 15.6. The number of fused-ring (bicyclic) bond motifs is 1. The highest BCUT2D eigenvalue weighted by Gasteiger charge is 2.25. The summed E-state index contributed by atoms with van der Waals surface area (Å²) in [5.74, 6) is 0. The van der Waals surface area contributed by atoms with Gasteiger partial charge in [0.25, 0.3) is 0 Å². The Morgan fingerprint density at radius 3 is 2.32 bits per heavy atom. The van der Waals surface area contributed by atoms with Crippen molar-refractivity contribution in [1.29, 1.82) is 0 Å². The van der Waals surface area contributed by atoms with Gasteiger partial charge in [-0.15, -0.1) is 0 Å². The van der Waals surface area contributed by atoms with Crippen LogP contribution < -0.4 is 0 Å². The third-order valence-corrected chi connectivity index (χ3v) is 4.99. The van der Waals surface area contributed by atoms with Gasteiger partial charge in [-0.05, 0) is 12.8 Å². The monoisotopic (exact) mass is 306 g/mol. The van der Waals surface area contributed by atoms with Crippen LogP contribution in [0.2, 0.25) is 0 Å². The minimum absolute atomic E-state index is 0.748. The van der Waals surface area contributed by atoms with Crippen molar-refractivity contribution in [2.45, 2.75) is 97.1 Å². The van der Waals surface area contributed by atoms with E-state index in [0.717, 1.165) is 25.6 Å². The van der Waals surface area contributed by atoms with E-state index in [1.165, 1.54) is 75.6 Å². The zero-order valence-electron chi connectivity index (χ0n) is 14.6. The molecule has 0 saturated heterocycles. The van der Waals surface area contributed by atoms with Gasteiger partial charge in [-0.2, -0.15) is 15.4 Å². The summed E-state index contributed by atoms with van der Waals surface area (Å²) >= 11 is 0. The highest BCUT2D eigenvalue weighted by molar-refractivity contribution is 5.12. The average molecular weight is 306 g/mol. The molecular weight excluding hydrogens is 272 g/mol. The van der Waals surface area contributed by atoms with E-state index < -0.39 is 0 Å². The summed E-state index contributed by atoms with van der Waals surface area (Å²) in [5, 5.41) is 11.4. The van der Waals surface area contributed by atoms with Crippen molar-refractivity contribution in [3.8, 4) is 0 Å². The van der Waals surface area contributed by atoms with Crippen LogP contribution >= 0.6 is 0 Å². The molecule has 1 N–H and O–H groups in total. The molecule has 1 aliphatic rings. The smallest absolute Gasteiger partial charge is 0.0997 e. The van der Waals surface area contributed by atoms with Gasteiger partial charge in [0.05, 0.1) is 11.4 Å². The van der Waals surface area contributed by atoms with Gasteiger partial charge in [0.15, 0.2) is 0 Å². The maximum atomic E-state index is 4.33. The van der Waals surface area contributed by atoms with Crippen molar-refractivity contribution in [1.82, 2.24) is 20.3 Å². The van der Waals surface area contributed by atoms with Crippen molar-refractivity contribution in [2.75, 3.05) is 6.54 Å². The maximum absolute atomic E-state index is 4.33. The molecule has 126 valence electrons. The van der Waals surface area contributed by atoms with Gasteiger partial charge < -0.3 is 0 Å². The number of nitrogens with one attached hydrogen (secondary N) is 1. The van der Waals surface area contributed by atoms with Gasteiger partial charge in [0, 0.05) is 25.6 Å². The highest BCUT2D eigenvalue weighted by Crippen LogP contribution is 2.23. The van der Waals surface area contributed by atoms with E-state index in [1.807, 2.05) is 0 Å². The second-order valence-electron chi connectivity index (χ2n) is 6.79. The molecule has 0 aliphatic carbocycles. The molecule has 1 unspecified atom stereocenters. The summed E-state index contributed by atoms with van der Waals surface area (Å²) in [7, 11) is 0. The van der Waals surface area contributed by atoms with Crippen LogP contribution in [0.4, 0.5) is 0 Å². The first kappa shape index (κ1) is 17.5. The van der Waals surface area contributed by atoms with E-state index in [9.17, 15) is 0 Å². The van der Waals surface area contributed by atoms with Crippen LogP contribution in [0.25, 0.3) is 0 Å². The number of H-pyrrole nitrogens is 1. The third kappa shape index (κ3) is 5.38. The lowest BCUT2D eigenvalue weighted by Gasteiger charge is -2.34. The standard InChI is InChI=1S/C18H34N4/c1-3-5-7-8-10-12-16(11-9-6-4-2)22-14-13-17-18(15-22)20-21-19-17/h16H,3-15H2,1-2H3,(H,19,20,21). The van der Waals surface area contributed by atoms with E-state index in [0.29, 0.717) is 0 Å². The first-order valence-corrected chi connectivity index (χ1v) is 9.47. The van der Waals surface area contributed by atoms with E-state index in [1.54, 1.807) is 0 Å². The fourth-order valence-electron chi connectivity index (χ4n) is 3.56. The SMILES string of the molecule is CCCCCCCC(CCCCC)N1CCc2n[nH]nc2C1. The molecule has 0 radical (unpaired) electrons. The Morgan fingerprint density at radius 2 is 1.55 bits per heavy atom. The molecule has 2 heterocycles.